The monoisotopic (exact) mass is 494 g/mol. The molecule has 2 aromatic rings. The normalized spacial score (nSPS) is 23.7. The molecule has 0 aromatic heterocycles. The molecule has 0 aliphatic carbocycles. The molecule has 2 aliphatic rings. The number of amides is 2. The van der Waals surface area contributed by atoms with Gasteiger partial charge in [0.2, 0.25) is 0 Å². The molecule has 2 saturated heterocycles. The Morgan fingerprint density at radius 1 is 1.12 bits per heavy atom. The van der Waals surface area contributed by atoms with E-state index in [4.69, 9.17) is 14.3 Å². The summed E-state index contributed by atoms with van der Waals surface area (Å²) in [7, 11) is 0. The standard InChI is InChI=1S/C22H20N2O8S.Na/c25-18-11-17(33-15-9-5-2-6-10-15)22(32-18,20(27)28)24-19(26)16(13-31-24)23-21(29)30-12-14-7-3-1-4-8-14;/h1-10,16-17H,11-13H2,(H,23,29)(H,27,28);/q;+1/p-1/t16-,17?,22?;/m0./s1. The number of rotatable bonds is 7. The molecule has 34 heavy (non-hydrogen) atoms. The quantitative estimate of drug-likeness (QED) is 0.331. The molecule has 2 heterocycles. The van der Waals surface area contributed by atoms with Gasteiger partial charge in [0.1, 0.15) is 25.2 Å². The predicted octanol–water partition coefficient (Wildman–Crippen LogP) is -2.39. The second-order valence-corrected chi connectivity index (χ2v) is 8.54. The summed E-state index contributed by atoms with van der Waals surface area (Å²) in [6.45, 7) is -0.386. The number of carbonyl (C=O) groups excluding carboxylic acids is 4. The van der Waals surface area contributed by atoms with Crippen molar-refractivity contribution in [3.05, 3.63) is 66.2 Å². The van der Waals surface area contributed by atoms with E-state index in [1.165, 1.54) is 0 Å². The van der Waals surface area contributed by atoms with Crippen molar-refractivity contribution in [2.24, 2.45) is 0 Å². The first kappa shape index (κ1) is 26.0. The van der Waals surface area contributed by atoms with Crippen LogP contribution in [0.1, 0.15) is 12.0 Å². The van der Waals surface area contributed by atoms with Crippen LogP contribution < -0.4 is 40.0 Å². The van der Waals surface area contributed by atoms with Crippen molar-refractivity contribution in [1.29, 1.82) is 0 Å². The molecule has 3 atom stereocenters. The number of thioether (sulfide) groups is 1. The van der Waals surface area contributed by atoms with Crippen LogP contribution >= 0.6 is 11.8 Å². The number of nitrogens with zero attached hydrogens (tertiary/aromatic N) is 1. The van der Waals surface area contributed by atoms with E-state index < -0.39 is 41.0 Å². The van der Waals surface area contributed by atoms with Gasteiger partial charge in [-0.15, -0.1) is 11.8 Å². The Bertz CT molecular complexity index is 1060. The first-order valence-electron chi connectivity index (χ1n) is 9.99. The van der Waals surface area contributed by atoms with Crippen LogP contribution in [-0.2, 0) is 35.3 Å². The number of esters is 1. The zero-order chi connectivity index (χ0) is 23.4. The maximum absolute atomic E-state index is 13.0. The molecule has 2 aromatic carbocycles. The molecule has 2 unspecified atom stereocenters. The summed E-state index contributed by atoms with van der Waals surface area (Å²) < 4.78 is 10.2. The van der Waals surface area contributed by atoms with E-state index in [0.29, 0.717) is 9.96 Å². The summed E-state index contributed by atoms with van der Waals surface area (Å²) >= 11 is 1.05. The summed E-state index contributed by atoms with van der Waals surface area (Å²) in [5, 5.41) is 14.0. The first-order valence-corrected chi connectivity index (χ1v) is 10.9. The fourth-order valence-electron chi connectivity index (χ4n) is 3.48. The smallest absolute Gasteiger partial charge is 0.544 e. The van der Waals surface area contributed by atoms with Crippen LogP contribution in [0, 0.1) is 0 Å². The van der Waals surface area contributed by atoms with Crippen molar-refractivity contribution in [3.63, 3.8) is 0 Å². The number of hydrogen-bond donors (Lipinski definition) is 1. The van der Waals surface area contributed by atoms with Crippen LogP contribution in [-0.4, -0.2) is 52.6 Å². The number of carbonyl (C=O) groups is 4. The molecule has 2 aliphatic heterocycles. The summed E-state index contributed by atoms with van der Waals surface area (Å²) in [6.07, 6.45) is -1.17. The van der Waals surface area contributed by atoms with Gasteiger partial charge in [0, 0.05) is 4.90 Å². The molecule has 0 saturated carbocycles. The first-order chi connectivity index (χ1) is 15.9. The van der Waals surface area contributed by atoms with E-state index in [0.717, 1.165) is 17.3 Å². The minimum Gasteiger partial charge on any atom is -0.544 e. The van der Waals surface area contributed by atoms with Crippen LogP contribution in [0.2, 0.25) is 0 Å². The number of nitrogens with one attached hydrogen (secondary N) is 1. The Hall–Kier alpha value is -2.57. The zero-order valence-electron chi connectivity index (χ0n) is 18.2. The number of cyclic esters (lactones) is 1. The van der Waals surface area contributed by atoms with Crippen LogP contribution in [0.3, 0.4) is 0 Å². The molecule has 12 heteroatoms. The van der Waals surface area contributed by atoms with E-state index in [1.54, 1.807) is 54.6 Å². The molecular weight excluding hydrogens is 475 g/mol. The molecule has 172 valence electrons. The Kier molecular flexibility index (Phi) is 8.61. The van der Waals surface area contributed by atoms with Gasteiger partial charge in [-0.2, -0.15) is 5.06 Å². The Labute approximate surface area is 221 Å². The third-order valence-electron chi connectivity index (χ3n) is 5.05. The van der Waals surface area contributed by atoms with Crippen molar-refractivity contribution >= 4 is 35.7 Å². The SMILES string of the molecule is O=C1CC(Sc2ccccc2)C(C(=O)[O-])(N2OC[C@H](NC(=O)OCc3ccccc3)C2=O)O1.[Na+]. The second kappa shape index (κ2) is 11.2. The third-order valence-corrected chi connectivity index (χ3v) is 6.36. The Balaban J connectivity index is 0.00000324. The zero-order valence-corrected chi connectivity index (χ0v) is 21.0. The molecule has 2 fully saturated rings. The van der Waals surface area contributed by atoms with Gasteiger partial charge in [-0.25, -0.2) is 4.79 Å². The molecule has 10 nitrogen and oxygen atoms in total. The Morgan fingerprint density at radius 2 is 1.76 bits per heavy atom. The van der Waals surface area contributed by atoms with Gasteiger partial charge in [0.15, 0.2) is 0 Å². The average Bonchev–Trinajstić information content (AvgIpc) is 3.33. The van der Waals surface area contributed by atoms with Gasteiger partial charge >= 0.3 is 41.6 Å². The number of hydrogen-bond acceptors (Lipinski definition) is 9. The molecule has 0 bridgehead atoms. The minimum atomic E-state index is -2.49. The average molecular weight is 494 g/mol. The number of alkyl carbamates (subject to hydrolysis) is 1. The molecular formula is C22H19N2NaO8S. The van der Waals surface area contributed by atoms with E-state index in [1.807, 2.05) is 6.07 Å². The molecule has 0 radical (unpaired) electrons. The van der Waals surface area contributed by atoms with Gasteiger partial charge in [0.05, 0.1) is 11.7 Å². The van der Waals surface area contributed by atoms with Crippen LogP contribution in [0.25, 0.3) is 0 Å². The van der Waals surface area contributed by atoms with E-state index in [-0.39, 0.29) is 49.2 Å². The molecule has 0 spiro atoms. The molecule has 4 rings (SSSR count). The summed E-state index contributed by atoms with van der Waals surface area (Å²) in [4.78, 5) is 55.4. The molecule has 1 N–H and O–H groups in total. The predicted molar refractivity (Wildman–Crippen MR) is 111 cm³/mol. The largest absolute Gasteiger partial charge is 1.00 e. The number of carboxylic acid groups (broad SMARTS) is 1. The third kappa shape index (κ3) is 5.39. The van der Waals surface area contributed by atoms with Crippen LogP contribution in [0.5, 0.6) is 0 Å². The van der Waals surface area contributed by atoms with Crippen LogP contribution in [0.15, 0.2) is 65.6 Å². The van der Waals surface area contributed by atoms with Gasteiger partial charge in [-0.3, -0.25) is 14.4 Å². The van der Waals surface area contributed by atoms with Gasteiger partial charge in [-0.1, -0.05) is 48.5 Å². The van der Waals surface area contributed by atoms with Crippen molar-refractivity contribution in [3.8, 4) is 0 Å². The minimum absolute atomic E-state index is 0. The maximum Gasteiger partial charge on any atom is 1.00 e. The van der Waals surface area contributed by atoms with Crippen molar-refractivity contribution in [1.82, 2.24) is 10.4 Å². The van der Waals surface area contributed by atoms with Gasteiger partial charge in [0.25, 0.3) is 11.6 Å². The summed E-state index contributed by atoms with van der Waals surface area (Å²) in [5.74, 6) is -3.52. The molecule has 2 amide bonds. The summed E-state index contributed by atoms with van der Waals surface area (Å²) in [5.41, 5.74) is -1.74. The van der Waals surface area contributed by atoms with E-state index >= 15 is 0 Å². The number of hydroxylamine groups is 2. The fraction of sp³-hybridized carbons (Fsp3) is 0.273. The summed E-state index contributed by atoms with van der Waals surface area (Å²) in [6, 6.07) is 16.4. The maximum atomic E-state index is 13.0. The van der Waals surface area contributed by atoms with Gasteiger partial charge in [-0.05, 0) is 17.7 Å². The number of benzene rings is 2. The fourth-order valence-corrected chi connectivity index (χ4v) is 4.74. The topological polar surface area (TPSA) is 134 Å². The Morgan fingerprint density at radius 3 is 2.41 bits per heavy atom. The van der Waals surface area contributed by atoms with E-state index in [9.17, 15) is 24.3 Å². The van der Waals surface area contributed by atoms with Crippen molar-refractivity contribution in [2.45, 2.75) is 34.9 Å². The second-order valence-electron chi connectivity index (χ2n) is 7.27. The number of aliphatic carboxylic acids is 1. The number of carboxylic acids is 1. The van der Waals surface area contributed by atoms with Gasteiger partial charge < -0.3 is 24.7 Å². The van der Waals surface area contributed by atoms with Crippen molar-refractivity contribution < 1.29 is 68.2 Å². The number of ether oxygens (including phenoxy) is 2. The van der Waals surface area contributed by atoms with E-state index in [2.05, 4.69) is 5.32 Å². The van der Waals surface area contributed by atoms with Crippen molar-refractivity contribution in [2.75, 3.05) is 6.61 Å². The van der Waals surface area contributed by atoms with Crippen LogP contribution in [0.4, 0.5) is 4.79 Å².